The van der Waals surface area contributed by atoms with E-state index in [9.17, 15) is 14.0 Å². The second-order valence-corrected chi connectivity index (χ2v) is 6.63. The number of halogens is 1. The topological polar surface area (TPSA) is 59.1 Å². The largest absolute Gasteiger partial charge is 0.493 e. The Hall–Kier alpha value is -2.15. The van der Waals surface area contributed by atoms with Gasteiger partial charge in [-0.3, -0.25) is 4.79 Å². The molecule has 0 aliphatic carbocycles. The van der Waals surface area contributed by atoms with Crippen molar-refractivity contribution in [1.29, 1.82) is 0 Å². The Bertz CT molecular complexity index is 670. The van der Waals surface area contributed by atoms with Crippen molar-refractivity contribution in [3.05, 3.63) is 23.5 Å². The smallest absolute Gasteiger partial charge is 0.332 e. The summed E-state index contributed by atoms with van der Waals surface area (Å²) in [6.45, 7) is 5.86. The Labute approximate surface area is 152 Å². The van der Waals surface area contributed by atoms with E-state index in [4.69, 9.17) is 9.47 Å². The minimum absolute atomic E-state index is 0.0280. The van der Waals surface area contributed by atoms with E-state index in [-0.39, 0.29) is 11.6 Å². The van der Waals surface area contributed by atoms with Gasteiger partial charge in [0.2, 0.25) is 0 Å². The van der Waals surface area contributed by atoms with Crippen LogP contribution in [0.2, 0.25) is 0 Å². The van der Waals surface area contributed by atoms with Gasteiger partial charge in [0.15, 0.2) is 0 Å². The molecule has 0 spiro atoms. The number of aryl methyl sites for hydroxylation is 1. The van der Waals surface area contributed by atoms with Crippen LogP contribution in [0.15, 0.2) is 12.1 Å². The molecule has 1 atom stereocenters. The summed E-state index contributed by atoms with van der Waals surface area (Å²) in [5.41, 5.74) is 0.597. The predicted molar refractivity (Wildman–Crippen MR) is 95.0 cm³/mol. The molecule has 0 N–H and O–H groups in total. The van der Waals surface area contributed by atoms with Gasteiger partial charge in [0, 0.05) is 32.2 Å². The van der Waals surface area contributed by atoms with Crippen molar-refractivity contribution < 1.29 is 23.5 Å². The fourth-order valence-corrected chi connectivity index (χ4v) is 3.47. The van der Waals surface area contributed by atoms with E-state index < -0.39 is 17.9 Å². The van der Waals surface area contributed by atoms with Gasteiger partial charge in [-0.2, -0.15) is 0 Å². The molecule has 1 aromatic carbocycles. The maximum atomic E-state index is 14.6. The molecular formula is C19H25FN2O4. The lowest BCUT2D eigenvalue weighted by Crippen LogP contribution is -2.39. The summed E-state index contributed by atoms with van der Waals surface area (Å²) < 4.78 is 25.5. The van der Waals surface area contributed by atoms with Gasteiger partial charge in [-0.15, -0.1) is 0 Å². The molecule has 2 heterocycles. The van der Waals surface area contributed by atoms with Gasteiger partial charge in [-0.05, 0) is 44.7 Å². The molecule has 2 aliphatic heterocycles. The molecule has 0 saturated carbocycles. The fraction of sp³-hybridized carbons (Fsp3) is 0.579. The number of rotatable bonds is 7. The molecule has 1 unspecified atom stereocenters. The van der Waals surface area contributed by atoms with Crippen molar-refractivity contribution in [3.8, 4) is 5.75 Å². The van der Waals surface area contributed by atoms with Crippen molar-refractivity contribution in [1.82, 2.24) is 4.90 Å². The number of ether oxygens (including phenoxy) is 2. The highest BCUT2D eigenvalue weighted by Gasteiger charge is 2.47. The number of amides is 3. The van der Waals surface area contributed by atoms with E-state index >= 15 is 0 Å². The Morgan fingerprint density at radius 3 is 2.77 bits per heavy atom. The van der Waals surface area contributed by atoms with E-state index in [0.717, 1.165) is 17.7 Å². The molecule has 6 nitrogen and oxygen atoms in total. The molecule has 3 amide bonds. The van der Waals surface area contributed by atoms with Gasteiger partial charge >= 0.3 is 6.03 Å². The number of hydrogen-bond donors (Lipinski definition) is 0. The number of benzene rings is 1. The van der Waals surface area contributed by atoms with Gasteiger partial charge in [0.1, 0.15) is 17.6 Å². The summed E-state index contributed by atoms with van der Waals surface area (Å²) in [5.74, 6) is -0.464. The molecule has 0 radical (unpaired) electrons. The van der Waals surface area contributed by atoms with Crippen molar-refractivity contribution in [2.24, 2.45) is 0 Å². The van der Waals surface area contributed by atoms with Crippen LogP contribution in [0.1, 0.15) is 38.2 Å². The summed E-state index contributed by atoms with van der Waals surface area (Å²) in [7, 11) is 0. The highest BCUT2D eigenvalue weighted by molar-refractivity contribution is 6.21. The first kappa shape index (κ1) is 18.6. The summed E-state index contributed by atoms with van der Waals surface area (Å²) in [4.78, 5) is 27.8. The maximum absolute atomic E-state index is 14.6. The van der Waals surface area contributed by atoms with Gasteiger partial charge < -0.3 is 14.4 Å². The molecule has 1 aromatic rings. The van der Waals surface area contributed by atoms with Crippen molar-refractivity contribution >= 4 is 17.6 Å². The van der Waals surface area contributed by atoms with E-state index in [1.54, 1.807) is 11.8 Å². The number of piperidine rings is 1. The third-order valence-electron chi connectivity index (χ3n) is 4.83. The Kier molecular flexibility index (Phi) is 5.76. The third-order valence-corrected chi connectivity index (χ3v) is 4.83. The van der Waals surface area contributed by atoms with Gasteiger partial charge in [0.25, 0.3) is 5.91 Å². The summed E-state index contributed by atoms with van der Waals surface area (Å²) in [6.07, 6.45) is 3.11. The van der Waals surface area contributed by atoms with Crippen LogP contribution in [0.25, 0.3) is 0 Å². The van der Waals surface area contributed by atoms with Crippen LogP contribution in [0.4, 0.5) is 14.9 Å². The number of nitrogens with zero attached hydrogens (tertiary/aromatic N) is 2. The first-order valence-corrected chi connectivity index (χ1v) is 9.19. The average Bonchev–Trinajstić information content (AvgIpc) is 2.88. The minimum atomic E-state index is -0.592. The van der Waals surface area contributed by atoms with Gasteiger partial charge in [0.05, 0.1) is 12.3 Å². The normalized spacial score (nSPS) is 19.9. The zero-order valence-electron chi connectivity index (χ0n) is 15.3. The molecule has 142 valence electrons. The Morgan fingerprint density at radius 1 is 1.23 bits per heavy atom. The van der Waals surface area contributed by atoms with Crippen molar-refractivity contribution in [3.63, 3.8) is 0 Å². The van der Waals surface area contributed by atoms with Crippen molar-refractivity contribution in [2.45, 2.75) is 45.6 Å². The fourth-order valence-electron chi connectivity index (χ4n) is 3.47. The molecule has 0 aromatic heterocycles. The first-order chi connectivity index (χ1) is 12.5. The SMILES string of the molecule is CCOCCCOc1cc(N2C(=O)C3CCCCN3C2=O)c(F)cc1C. The lowest BCUT2D eigenvalue weighted by Gasteiger charge is -2.26. The second-order valence-electron chi connectivity index (χ2n) is 6.63. The Morgan fingerprint density at radius 2 is 2.04 bits per heavy atom. The molecule has 2 aliphatic rings. The number of carbonyl (C=O) groups excluding carboxylic acids is 2. The zero-order chi connectivity index (χ0) is 18.7. The summed E-state index contributed by atoms with van der Waals surface area (Å²) in [5, 5.41) is 0. The van der Waals surface area contributed by atoms with Gasteiger partial charge in [-0.25, -0.2) is 14.1 Å². The number of urea groups is 1. The minimum Gasteiger partial charge on any atom is -0.493 e. The van der Waals surface area contributed by atoms with E-state index in [0.29, 0.717) is 50.5 Å². The highest BCUT2D eigenvalue weighted by atomic mass is 19.1. The summed E-state index contributed by atoms with van der Waals surface area (Å²) >= 11 is 0. The number of imide groups is 1. The summed E-state index contributed by atoms with van der Waals surface area (Å²) in [6, 6.07) is 1.86. The molecule has 3 rings (SSSR count). The molecule has 7 heteroatoms. The molecule has 0 bridgehead atoms. The molecular weight excluding hydrogens is 339 g/mol. The monoisotopic (exact) mass is 364 g/mol. The van der Waals surface area contributed by atoms with Crippen LogP contribution in [-0.4, -0.2) is 49.2 Å². The maximum Gasteiger partial charge on any atom is 0.332 e. The number of fused-ring (bicyclic) bond motifs is 1. The van der Waals surface area contributed by atoms with E-state index in [2.05, 4.69) is 0 Å². The predicted octanol–water partition coefficient (Wildman–Crippen LogP) is 3.26. The van der Waals surface area contributed by atoms with Crippen LogP contribution in [0, 0.1) is 12.7 Å². The van der Waals surface area contributed by atoms with E-state index in [1.165, 1.54) is 12.1 Å². The lowest BCUT2D eigenvalue weighted by molar-refractivity contribution is -0.120. The lowest BCUT2D eigenvalue weighted by atomic mass is 10.0. The highest BCUT2D eigenvalue weighted by Crippen LogP contribution is 2.35. The van der Waals surface area contributed by atoms with Crippen LogP contribution >= 0.6 is 0 Å². The quantitative estimate of drug-likeness (QED) is 0.550. The molecule has 2 saturated heterocycles. The van der Waals surface area contributed by atoms with E-state index in [1.807, 2.05) is 6.92 Å². The standard InChI is InChI=1S/C19H25FN2O4/c1-3-25-9-6-10-26-17-12-16(14(20)11-13(17)2)22-18(23)15-7-4-5-8-21(15)19(22)24/h11-12,15H,3-10H2,1-2H3. The first-order valence-electron chi connectivity index (χ1n) is 9.19. The third kappa shape index (κ3) is 3.53. The number of carbonyl (C=O) groups is 2. The average molecular weight is 364 g/mol. The van der Waals surface area contributed by atoms with Crippen LogP contribution in [0.5, 0.6) is 5.75 Å². The Balaban J connectivity index is 1.80. The number of anilines is 1. The van der Waals surface area contributed by atoms with Crippen LogP contribution in [-0.2, 0) is 9.53 Å². The van der Waals surface area contributed by atoms with Crippen molar-refractivity contribution in [2.75, 3.05) is 31.3 Å². The molecule has 2 fully saturated rings. The zero-order valence-corrected chi connectivity index (χ0v) is 15.3. The number of hydrogen-bond acceptors (Lipinski definition) is 4. The second kappa shape index (κ2) is 8.03. The van der Waals surface area contributed by atoms with Crippen LogP contribution < -0.4 is 9.64 Å². The van der Waals surface area contributed by atoms with Crippen LogP contribution in [0.3, 0.4) is 0 Å². The van der Waals surface area contributed by atoms with Gasteiger partial charge in [-0.1, -0.05) is 0 Å². The molecule has 26 heavy (non-hydrogen) atoms.